The molecule has 1 atom stereocenters. The van der Waals surface area contributed by atoms with E-state index >= 15 is 0 Å². The fourth-order valence-electron chi connectivity index (χ4n) is 4.68. The molecule has 0 bridgehead atoms. The molecule has 0 saturated carbocycles. The van der Waals surface area contributed by atoms with E-state index in [2.05, 4.69) is 30.0 Å². The monoisotopic (exact) mass is 409 g/mol. The van der Waals surface area contributed by atoms with Crippen molar-refractivity contribution in [3.63, 3.8) is 0 Å². The van der Waals surface area contributed by atoms with E-state index in [1.54, 1.807) is 12.1 Å². The van der Waals surface area contributed by atoms with Crippen LogP contribution in [0.25, 0.3) is 4.85 Å². The van der Waals surface area contributed by atoms with Crippen LogP contribution in [0.4, 0.5) is 21.9 Å². The van der Waals surface area contributed by atoms with Crippen LogP contribution < -0.4 is 9.80 Å². The van der Waals surface area contributed by atoms with Crippen molar-refractivity contribution in [2.24, 2.45) is 0 Å². The van der Waals surface area contributed by atoms with Crippen molar-refractivity contribution in [1.29, 1.82) is 0 Å². The molecule has 0 aromatic heterocycles. The molecule has 0 N–H and O–H groups in total. The van der Waals surface area contributed by atoms with Crippen LogP contribution in [0.2, 0.25) is 0 Å². The van der Waals surface area contributed by atoms with Gasteiger partial charge in [-0.05, 0) is 43.7 Å². The summed E-state index contributed by atoms with van der Waals surface area (Å²) < 4.78 is 5.73. The summed E-state index contributed by atoms with van der Waals surface area (Å²) >= 11 is 0. The van der Waals surface area contributed by atoms with Crippen molar-refractivity contribution in [3.8, 4) is 0 Å². The number of carbonyl (C=O) groups excluding carboxylic acids is 1. The lowest BCUT2D eigenvalue weighted by Gasteiger charge is -2.47. The Morgan fingerprint density at radius 3 is 2.19 bits per heavy atom. The topological polar surface area (TPSA) is 37.1 Å². The van der Waals surface area contributed by atoms with Crippen molar-refractivity contribution in [2.75, 3.05) is 23.0 Å². The zero-order valence-electron chi connectivity index (χ0n) is 17.6. The molecule has 31 heavy (non-hydrogen) atoms. The van der Waals surface area contributed by atoms with Crippen molar-refractivity contribution in [2.45, 2.75) is 25.4 Å². The highest BCUT2D eigenvalue weighted by Gasteiger charge is 2.62. The van der Waals surface area contributed by atoms with Crippen LogP contribution in [0.1, 0.15) is 22.7 Å². The second-order valence-corrected chi connectivity index (χ2v) is 8.36. The van der Waals surface area contributed by atoms with Crippen LogP contribution in [-0.2, 0) is 4.74 Å². The quantitative estimate of drug-likeness (QED) is 0.512. The number of rotatable bonds is 3. The van der Waals surface area contributed by atoms with E-state index < -0.39 is 5.54 Å². The zero-order valence-corrected chi connectivity index (χ0v) is 17.6. The lowest BCUT2D eigenvalue weighted by Crippen LogP contribution is -2.62. The van der Waals surface area contributed by atoms with Gasteiger partial charge >= 0.3 is 6.03 Å². The van der Waals surface area contributed by atoms with Gasteiger partial charge in [-0.2, -0.15) is 0 Å². The molecule has 0 aliphatic carbocycles. The number of anilines is 2. The molecule has 2 amide bonds. The maximum absolute atomic E-state index is 14.0. The average molecular weight is 409 g/mol. The maximum atomic E-state index is 14.0. The normalized spacial score (nSPS) is 19.4. The van der Waals surface area contributed by atoms with E-state index in [1.165, 1.54) is 0 Å². The van der Waals surface area contributed by atoms with Crippen molar-refractivity contribution < 1.29 is 9.53 Å². The minimum Gasteiger partial charge on any atom is -0.376 e. The van der Waals surface area contributed by atoms with E-state index in [1.807, 2.05) is 59.2 Å². The Bertz CT molecular complexity index is 1170. The highest BCUT2D eigenvalue weighted by atomic mass is 16.5. The van der Waals surface area contributed by atoms with E-state index in [4.69, 9.17) is 11.3 Å². The molecule has 2 aliphatic heterocycles. The first kappa shape index (κ1) is 19.3. The molecule has 0 radical (unpaired) electrons. The number of benzene rings is 3. The molecular weight excluding hydrogens is 386 g/mol. The summed E-state index contributed by atoms with van der Waals surface area (Å²) in [5.41, 5.74) is 5.11. The summed E-state index contributed by atoms with van der Waals surface area (Å²) in [4.78, 5) is 21.2. The van der Waals surface area contributed by atoms with Crippen LogP contribution in [0.5, 0.6) is 0 Å². The lowest BCUT2D eigenvalue weighted by molar-refractivity contribution is -0.0580. The van der Waals surface area contributed by atoms with Gasteiger partial charge in [-0.25, -0.2) is 9.64 Å². The zero-order chi connectivity index (χ0) is 21.6. The fraction of sp³-hybridized carbons (Fsp3) is 0.231. The van der Waals surface area contributed by atoms with Crippen LogP contribution in [0, 0.1) is 20.4 Å². The molecule has 3 aromatic rings. The van der Waals surface area contributed by atoms with Crippen LogP contribution >= 0.6 is 0 Å². The van der Waals surface area contributed by atoms with Gasteiger partial charge in [0.25, 0.3) is 0 Å². The molecule has 154 valence electrons. The van der Waals surface area contributed by atoms with Crippen molar-refractivity contribution in [1.82, 2.24) is 0 Å². The Kier molecular flexibility index (Phi) is 4.53. The Labute approximate surface area is 182 Å². The number of hydrogen-bond donors (Lipinski definition) is 0. The van der Waals surface area contributed by atoms with Gasteiger partial charge in [0.2, 0.25) is 0 Å². The Morgan fingerprint density at radius 2 is 1.61 bits per heavy atom. The van der Waals surface area contributed by atoms with E-state index in [0.717, 1.165) is 28.1 Å². The smallest absolute Gasteiger partial charge is 0.330 e. The summed E-state index contributed by atoms with van der Waals surface area (Å²) in [5.74, 6) is 0. The lowest BCUT2D eigenvalue weighted by atomic mass is 9.82. The minimum atomic E-state index is -0.487. The predicted octanol–water partition coefficient (Wildman–Crippen LogP) is 5.81. The van der Waals surface area contributed by atoms with Gasteiger partial charge in [0.15, 0.2) is 5.69 Å². The summed E-state index contributed by atoms with van der Waals surface area (Å²) in [5, 5.41) is 0. The Balaban J connectivity index is 1.69. The summed E-state index contributed by atoms with van der Waals surface area (Å²) in [6.45, 7) is 12.3. The number of hydrogen-bond acceptors (Lipinski definition) is 2. The Morgan fingerprint density at radius 1 is 0.935 bits per heavy atom. The predicted molar refractivity (Wildman–Crippen MR) is 122 cm³/mol. The Hall–Kier alpha value is -3.62. The van der Waals surface area contributed by atoms with Crippen molar-refractivity contribution in [3.05, 3.63) is 101 Å². The highest BCUT2D eigenvalue weighted by molar-refractivity contribution is 6.09. The van der Waals surface area contributed by atoms with Gasteiger partial charge in [-0.15, -0.1) is 0 Å². The number of carbonyl (C=O) groups is 1. The van der Waals surface area contributed by atoms with Crippen LogP contribution in [-0.4, -0.2) is 24.8 Å². The van der Waals surface area contributed by atoms with Gasteiger partial charge in [0.05, 0.1) is 25.8 Å². The number of urea groups is 1. The fourth-order valence-corrected chi connectivity index (χ4v) is 4.68. The molecule has 2 fully saturated rings. The average Bonchev–Trinajstić information content (AvgIpc) is 3.04. The summed E-state index contributed by atoms with van der Waals surface area (Å²) in [7, 11) is 0. The second kappa shape index (κ2) is 7.26. The molecule has 5 rings (SSSR count). The largest absolute Gasteiger partial charge is 0.376 e. The number of nitrogens with zero attached hydrogens (tertiary/aromatic N) is 3. The first-order chi connectivity index (χ1) is 15.0. The second-order valence-electron chi connectivity index (χ2n) is 8.36. The molecule has 2 heterocycles. The molecule has 5 heteroatoms. The van der Waals surface area contributed by atoms with Crippen molar-refractivity contribution >= 4 is 23.1 Å². The van der Waals surface area contributed by atoms with Gasteiger partial charge in [-0.1, -0.05) is 59.7 Å². The number of aryl methyl sites for hydroxylation is 2. The molecule has 3 aromatic carbocycles. The van der Waals surface area contributed by atoms with Crippen LogP contribution in [0.3, 0.4) is 0 Å². The standard InChI is InChI=1S/C26H23N3O2/c1-18-7-11-23(12-8-18)29-25(30)28(22-13-9-21(27-3)10-14-22)24(26(29)16-31-17-26)20-6-4-5-19(2)15-20/h4-15,24H,16-17H2,1-2H3. The highest BCUT2D eigenvalue weighted by Crippen LogP contribution is 2.51. The molecule has 2 aliphatic rings. The third kappa shape index (κ3) is 2.99. The SMILES string of the molecule is [C-]#[N+]c1ccc(N2C(=O)N(c3ccc(C)cc3)C3(COC3)C2c2cccc(C)c2)cc1. The van der Waals surface area contributed by atoms with E-state index in [0.29, 0.717) is 18.9 Å². The third-order valence-corrected chi connectivity index (χ3v) is 6.22. The minimum absolute atomic E-state index is 0.0748. The molecule has 2 saturated heterocycles. The first-order valence-electron chi connectivity index (χ1n) is 10.4. The molecule has 5 nitrogen and oxygen atoms in total. The van der Waals surface area contributed by atoms with Gasteiger partial charge in [0, 0.05) is 11.4 Å². The maximum Gasteiger partial charge on any atom is 0.330 e. The van der Waals surface area contributed by atoms with E-state index in [9.17, 15) is 4.79 Å². The van der Waals surface area contributed by atoms with E-state index in [-0.39, 0.29) is 12.1 Å². The molecule has 1 spiro atoms. The van der Waals surface area contributed by atoms with Crippen LogP contribution in [0.15, 0.2) is 72.8 Å². The van der Waals surface area contributed by atoms with Gasteiger partial charge in [0.1, 0.15) is 5.54 Å². The molecule has 1 unspecified atom stereocenters. The van der Waals surface area contributed by atoms with Gasteiger partial charge in [-0.3, -0.25) is 9.80 Å². The summed E-state index contributed by atoms with van der Waals surface area (Å²) in [6.07, 6.45) is 0. The first-order valence-corrected chi connectivity index (χ1v) is 10.4. The number of ether oxygens (including phenoxy) is 1. The number of amides is 2. The summed E-state index contributed by atoms with van der Waals surface area (Å²) in [6, 6.07) is 23.4. The van der Waals surface area contributed by atoms with Gasteiger partial charge < -0.3 is 4.74 Å². The third-order valence-electron chi connectivity index (χ3n) is 6.22. The molecular formula is C26H23N3O2.